The van der Waals surface area contributed by atoms with E-state index < -0.39 is 27.9 Å². The average molecular weight is 372 g/mol. The molecule has 2 aromatic carbocycles. The number of hydrogen-bond acceptors (Lipinski definition) is 4. The van der Waals surface area contributed by atoms with E-state index in [2.05, 4.69) is 5.32 Å². The summed E-state index contributed by atoms with van der Waals surface area (Å²) in [6, 6.07) is 12.1. The fourth-order valence-electron chi connectivity index (χ4n) is 3.01. The molecule has 1 fully saturated rings. The lowest BCUT2D eigenvalue weighted by Gasteiger charge is -2.24. The van der Waals surface area contributed by atoms with E-state index in [0.717, 1.165) is 15.4 Å². The molecular weight excluding hydrogens is 352 g/mol. The Hall–Kier alpha value is -2.67. The second-order valence-electron chi connectivity index (χ2n) is 6.30. The highest BCUT2D eigenvalue weighted by Gasteiger charge is 2.44. The van der Waals surface area contributed by atoms with Crippen LogP contribution in [0.25, 0.3) is 0 Å². The fourth-order valence-corrected chi connectivity index (χ4v) is 4.63. The van der Waals surface area contributed by atoms with Crippen LogP contribution >= 0.6 is 0 Å². The molecule has 0 radical (unpaired) electrons. The Balaban J connectivity index is 1.90. The highest BCUT2D eigenvalue weighted by atomic mass is 32.2. The minimum absolute atomic E-state index is 0.000198. The molecule has 0 bridgehead atoms. The zero-order valence-corrected chi connectivity index (χ0v) is 15.4. The summed E-state index contributed by atoms with van der Waals surface area (Å²) in [6.45, 7) is 3.81. The second kappa shape index (κ2) is 6.92. The molecule has 1 atom stereocenters. The van der Waals surface area contributed by atoms with Gasteiger partial charge in [0.1, 0.15) is 6.04 Å². The minimum Gasteiger partial charge on any atom is -0.324 e. The highest BCUT2D eigenvalue weighted by molar-refractivity contribution is 7.89. The zero-order chi connectivity index (χ0) is 18.9. The smallest absolute Gasteiger partial charge is 0.267 e. The van der Waals surface area contributed by atoms with Gasteiger partial charge in [-0.25, -0.2) is 12.7 Å². The van der Waals surface area contributed by atoms with Gasteiger partial charge in [0.25, 0.3) is 10.0 Å². The normalized spacial score (nSPS) is 17.4. The standard InChI is InChI=1S/C19H20N2O4S/c1-13-7-6-10-16(14(13)2)20-19(23)17-11-12-18(22)21(17)26(24,25)15-8-4-3-5-9-15/h3-10,17H,11-12H2,1-2H3,(H,20,23). The van der Waals surface area contributed by atoms with Crippen LogP contribution in [0.1, 0.15) is 24.0 Å². The van der Waals surface area contributed by atoms with Gasteiger partial charge in [-0.3, -0.25) is 9.59 Å². The molecule has 1 aliphatic heterocycles. The summed E-state index contributed by atoms with van der Waals surface area (Å²) in [5.74, 6) is -1.06. The number of carbonyl (C=O) groups is 2. The molecule has 136 valence electrons. The highest BCUT2D eigenvalue weighted by Crippen LogP contribution is 2.28. The first kappa shape index (κ1) is 18.1. The molecule has 1 unspecified atom stereocenters. The SMILES string of the molecule is Cc1cccc(NC(=O)C2CCC(=O)N2S(=O)(=O)c2ccccc2)c1C. The van der Waals surface area contributed by atoms with Crippen LogP contribution in [-0.4, -0.2) is 30.6 Å². The predicted octanol–water partition coefficient (Wildman–Crippen LogP) is 2.62. The van der Waals surface area contributed by atoms with Crippen molar-refractivity contribution in [2.45, 2.75) is 37.6 Å². The molecular formula is C19H20N2O4S. The summed E-state index contributed by atoms with van der Waals surface area (Å²) in [7, 11) is -4.07. The van der Waals surface area contributed by atoms with Crippen LogP contribution < -0.4 is 5.32 Å². The number of rotatable bonds is 4. The van der Waals surface area contributed by atoms with Gasteiger partial charge in [-0.2, -0.15) is 0 Å². The van der Waals surface area contributed by atoms with Crippen molar-refractivity contribution < 1.29 is 18.0 Å². The van der Waals surface area contributed by atoms with Crippen LogP contribution in [0, 0.1) is 13.8 Å². The maximum absolute atomic E-state index is 12.9. The molecule has 1 aliphatic rings. The van der Waals surface area contributed by atoms with Gasteiger partial charge in [-0.1, -0.05) is 30.3 Å². The first-order valence-electron chi connectivity index (χ1n) is 8.32. The third-order valence-electron chi connectivity index (χ3n) is 4.63. The molecule has 0 aliphatic carbocycles. The topological polar surface area (TPSA) is 83.6 Å². The minimum atomic E-state index is -4.07. The Morgan fingerprint density at radius 1 is 1.08 bits per heavy atom. The second-order valence-corrected chi connectivity index (χ2v) is 8.11. The third kappa shape index (κ3) is 3.22. The molecule has 0 aromatic heterocycles. The van der Waals surface area contributed by atoms with E-state index in [1.165, 1.54) is 12.1 Å². The zero-order valence-electron chi connectivity index (χ0n) is 14.6. The third-order valence-corrected chi connectivity index (χ3v) is 6.47. The Morgan fingerprint density at radius 3 is 2.46 bits per heavy atom. The number of amides is 2. The number of sulfonamides is 1. The summed E-state index contributed by atoms with van der Waals surface area (Å²) in [5, 5.41) is 2.77. The van der Waals surface area contributed by atoms with Gasteiger partial charge in [0.2, 0.25) is 11.8 Å². The summed E-state index contributed by atoms with van der Waals surface area (Å²) >= 11 is 0. The van der Waals surface area contributed by atoms with Crippen LogP contribution in [0.5, 0.6) is 0 Å². The largest absolute Gasteiger partial charge is 0.324 e. The van der Waals surface area contributed by atoms with Crippen LogP contribution in [0.2, 0.25) is 0 Å². The molecule has 1 N–H and O–H groups in total. The number of nitrogens with zero attached hydrogens (tertiary/aromatic N) is 1. The first-order chi connectivity index (χ1) is 12.3. The van der Waals surface area contributed by atoms with Crippen LogP contribution in [-0.2, 0) is 19.6 Å². The average Bonchev–Trinajstić information content (AvgIpc) is 3.02. The molecule has 0 saturated carbocycles. The molecule has 1 heterocycles. The number of anilines is 1. The molecule has 2 amide bonds. The van der Waals surface area contributed by atoms with E-state index in [1.807, 2.05) is 26.0 Å². The van der Waals surface area contributed by atoms with Crippen molar-refractivity contribution in [3.8, 4) is 0 Å². The lowest BCUT2D eigenvalue weighted by Crippen LogP contribution is -2.45. The summed E-state index contributed by atoms with van der Waals surface area (Å²) in [5.41, 5.74) is 2.54. The maximum atomic E-state index is 12.9. The van der Waals surface area contributed by atoms with Crippen molar-refractivity contribution in [3.05, 3.63) is 59.7 Å². The van der Waals surface area contributed by atoms with Crippen LogP contribution in [0.15, 0.2) is 53.4 Å². The first-order valence-corrected chi connectivity index (χ1v) is 9.76. The predicted molar refractivity (Wildman–Crippen MR) is 98.0 cm³/mol. The van der Waals surface area contributed by atoms with Gasteiger partial charge >= 0.3 is 0 Å². The van der Waals surface area contributed by atoms with E-state index in [9.17, 15) is 18.0 Å². The summed E-state index contributed by atoms with van der Waals surface area (Å²) < 4.78 is 26.4. The van der Waals surface area contributed by atoms with Gasteiger partial charge < -0.3 is 5.32 Å². The van der Waals surface area contributed by atoms with Gasteiger partial charge in [-0.15, -0.1) is 0 Å². The summed E-state index contributed by atoms with van der Waals surface area (Å²) in [6.07, 6.45) is 0.193. The number of hydrogen-bond donors (Lipinski definition) is 1. The quantitative estimate of drug-likeness (QED) is 0.894. The molecule has 2 aromatic rings. The van der Waals surface area contributed by atoms with Gasteiger partial charge in [0, 0.05) is 12.1 Å². The van der Waals surface area contributed by atoms with E-state index >= 15 is 0 Å². The van der Waals surface area contributed by atoms with Crippen molar-refractivity contribution in [1.82, 2.24) is 4.31 Å². The molecule has 1 saturated heterocycles. The van der Waals surface area contributed by atoms with E-state index in [4.69, 9.17) is 0 Å². The van der Waals surface area contributed by atoms with E-state index in [-0.39, 0.29) is 17.7 Å². The lowest BCUT2D eigenvalue weighted by molar-refractivity contribution is -0.128. The summed E-state index contributed by atoms with van der Waals surface area (Å²) in [4.78, 5) is 25.0. The number of carbonyl (C=O) groups excluding carboxylic acids is 2. The van der Waals surface area contributed by atoms with Crippen molar-refractivity contribution in [1.29, 1.82) is 0 Å². The van der Waals surface area contributed by atoms with Gasteiger partial charge in [-0.05, 0) is 49.6 Å². The van der Waals surface area contributed by atoms with Crippen molar-refractivity contribution in [2.24, 2.45) is 0 Å². The van der Waals surface area contributed by atoms with Crippen molar-refractivity contribution >= 4 is 27.5 Å². The Morgan fingerprint density at radius 2 is 1.77 bits per heavy atom. The number of aryl methyl sites for hydroxylation is 1. The van der Waals surface area contributed by atoms with E-state index in [1.54, 1.807) is 24.3 Å². The molecule has 0 spiro atoms. The van der Waals surface area contributed by atoms with Crippen LogP contribution in [0.3, 0.4) is 0 Å². The Labute approximate surface area is 152 Å². The molecule has 26 heavy (non-hydrogen) atoms. The van der Waals surface area contributed by atoms with Crippen LogP contribution in [0.4, 0.5) is 5.69 Å². The lowest BCUT2D eigenvalue weighted by atomic mass is 10.1. The maximum Gasteiger partial charge on any atom is 0.267 e. The van der Waals surface area contributed by atoms with Crippen molar-refractivity contribution in [2.75, 3.05) is 5.32 Å². The van der Waals surface area contributed by atoms with Crippen molar-refractivity contribution in [3.63, 3.8) is 0 Å². The molecule has 3 rings (SSSR count). The van der Waals surface area contributed by atoms with Gasteiger partial charge in [0.15, 0.2) is 0 Å². The molecule has 7 heteroatoms. The Kier molecular flexibility index (Phi) is 4.82. The van der Waals surface area contributed by atoms with E-state index in [0.29, 0.717) is 5.69 Å². The monoisotopic (exact) mass is 372 g/mol. The number of nitrogens with one attached hydrogen (secondary N) is 1. The number of benzene rings is 2. The fraction of sp³-hybridized carbons (Fsp3) is 0.263. The Bertz CT molecular complexity index is 955. The van der Waals surface area contributed by atoms with Gasteiger partial charge in [0.05, 0.1) is 4.90 Å². The molecule has 6 nitrogen and oxygen atoms in total.